The van der Waals surface area contributed by atoms with E-state index in [0.29, 0.717) is 0 Å². The van der Waals surface area contributed by atoms with E-state index >= 15 is 0 Å². The molecule has 0 saturated heterocycles. The van der Waals surface area contributed by atoms with Gasteiger partial charge in [-0.2, -0.15) is 40.1 Å². The average Bonchev–Trinajstić information content (AvgIpc) is 2.37. The van der Waals surface area contributed by atoms with Crippen LogP contribution in [0.2, 0.25) is 0 Å². The maximum absolute atomic E-state index is 13.4. The molecule has 0 radical (unpaired) electrons. The SMILES string of the molecule is O=S(=O)([N-]c1c(F)c(F)nc(F)c1F)C(F)(C(F)(F)F)C(F)(F)F.[Li+]. The minimum atomic E-state index is -7.50. The zero-order valence-corrected chi connectivity index (χ0v) is 12.1. The normalized spacial score (nSPS) is 13.4. The minimum Gasteiger partial charge on any atom is -0.569 e. The van der Waals surface area contributed by atoms with Gasteiger partial charge in [0.1, 0.15) is 10.0 Å². The van der Waals surface area contributed by atoms with Crippen LogP contribution in [0.15, 0.2) is 0 Å². The van der Waals surface area contributed by atoms with Gasteiger partial charge in [-0.05, 0) is 5.69 Å². The van der Waals surface area contributed by atoms with Crippen LogP contribution in [0.25, 0.3) is 4.72 Å². The summed E-state index contributed by atoms with van der Waals surface area (Å²) in [5.74, 6) is -11.0. The molecule has 0 N–H and O–H groups in total. The number of hydrogen-bond acceptors (Lipinski definition) is 3. The van der Waals surface area contributed by atoms with Gasteiger partial charge in [0, 0.05) is 0 Å². The summed E-state index contributed by atoms with van der Waals surface area (Å²) in [6.07, 6.45) is -14.4. The van der Waals surface area contributed by atoms with E-state index in [1.165, 1.54) is 4.72 Å². The molecular weight excluding hydrogens is 404 g/mol. The minimum absolute atomic E-state index is 0. The van der Waals surface area contributed by atoms with Crippen molar-refractivity contribution in [1.29, 1.82) is 0 Å². The second-order valence-electron chi connectivity index (χ2n) is 3.83. The molecule has 0 aromatic carbocycles. The molecule has 0 atom stereocenters. The third-order valence-corrected chi connectivity index (χ3v) is 3.87. The van der Waals surface area contributed by atoms with Gasteiger partial charge in [0.25, 0.3) is 0 Å². The standard InChI is InChI=1S/C8F11N2O2S.Li/c9-1-3(2(10)5(12)20-4(1)11)21-24(22,23)6(13,7(14,15)16)8(17,18)19;/q-1;+1. The van der Waals surface area contributed by atoms with Gasteiger partial charge in [-0.15, -0.1) is 0 Å². The number of alkyl halides is 7. The van der Waals surface area contributed by atoms with Crippen molar-refractivity contribution in [3.63, 3.8) is 0 Å². The molecular formula is C8F11LiN2O2S. The topological polar surface area (TPSA) is 61.1 Å². The molecule has 4 nitrogen and oxygen atoms in total. The van der Waals surface area contributed by atoms with Crippen LogP contribution >= 0.6 is 0 Å². The first-order valence-corrected chi connectivity index (χ1v) is 6.41. The first-order valence-electron chi connectivity index (χ1n) is 4.97. The van der Waals surface area contributed by atoms with Crippen LogP contribution in [0, 0.1) is 23.5 Å². The van der Waals surface area contributed by atoms with Crippen LogP contribution in [0.5, 0.6) is 0 Å². The van der Waals surface area contributed by atoms with E-state index in [9.17, 15) is 56.7 Å². The Kier molecular flexibility index (Phi) is 6.45. The van der Waals surface area contributed by atoms with Crippen molar-refractivity contribution in [2.75, 3.05) is 0 Å². The van der Waals surface area contributed by atoms with Gasteiger partial charge in [-0.25, -0.2) is 21.6 Å². The van der Waals surface area contributed by atoms with E-state index in [4.69, 9.17) is 0 Å². The van der Waals surface area contributed by atoms with Crippen molar-refractivity contribution in [2.24, 2.45) is 0 Å². The molecule has 0 saturated carbocycles. The van der Waals surface area contributed by atoms with Gasteiger partial charge in [-0.3, -0.25) is 0 Å². The fourth-order valence-corrected chi connectivity index (χ4v) is 2.30. The molecule has 1 aromatic heterocycles. The molecule has 1 aromatic rings. The Balaban J connectivity index is 0.00000576. The summed E-state index contributed by atoms with van der Waals surface area (Å²) < 4.78 is 162. The number of halogens is 11. The number of rotatable bonds is 3. The quantitative estimate of drug-likeness (QED) is 0.425. The molecule has 0 amide bonds. The van der Waals surface area contributed by atoms with Crippen molar-refractivity contribution >= 4 is 15.7 Å². The molecule has 138 valence electrons. The monoisotopic (exact) mass is 404 g/mol. The summed E-state index contributed by atoms with van der Waals surface area (Å²) >= 11 is 0. The predicted octanol–water partition coefficient (Wildman–Crippen LogP) is 0.767. The maximum Gasteiger partial charge on any atom is 1.00 e. The van der Waals surface area contributed by atoms with Gasteiger partial charge < -0.3 is 4.72 Å². The maximum atomic E-state index is 13.4. The summed E-state index contributed by atoms with van der Waals surface area (Å²) in [7, 11) is -7.50. The summed E-state index contributed by atoms with van der Waals surface area (Å²) in [5, 5.41) is -7.10. The molecule has 1 rings (SSSR count). The van der Waals surface area contributed by atoms with Crippen molar-refractivity contribution in [2.45, 2.75) is 17.4 Å². The van der Waals surface area contributed by atoms with Crippen molar-refractivity contribution in [3.8, 4) is 0 Å². The summed E-state index contributed by atoms with van der Waals surface area (Å²) in [4.78, 5) is 1.85. The number of nitrogens with zero attached hydrogens (tertiary/aromatic N) is 2. The van der Waals surface area contributed by atoms with E-state index in [2.05, 4.69) is 0 Å². The van der Waals surface area contributed by atoms with Gasteiger partial charge in [0.2, 0.25) is 11.9 Å². The molecule has 0 aliphatic carbocycles. The Morgan fingerprint density at radius 2 is 1.08 bits per heavy atom. The van der Waals surface area contributed by atoms with E-state index in [0.717, 1.165) is 0 Å². The molecule has 1 heterocycles. The van der Waals surface area contributed by atoms with Gasteiger partial charge in [0.05, 0.1) is 0 Å². The fraction of sp³-hybridized carbons (Fsp3) is 0.375. The summed E-state index contributed by atoms with van der Waals surface area (Å²) in [5.41, 5.74) is -2.78. The second kappa shape index (κ2) is 6.80. The van der Waals surface area contributed by atoms with E-state index in [-0.39, 0.29) is 18.9 Å². The van der Waals surface area contributed by atoms with E-state index in [1.807, 2.05) is 4.98 Å². The third kappa shape index (κ3) is 3.79. The van der Waals surface area contributed by atoms with Crippen LogP contribution in [-0.4, -0.2) is 30.8 Å². The molecule has 0 aliphatic heterocycles. The van der Waals surface area contributed by atoms with Crippen molar-refractivity contribution < 1.29 is 75.6 Å². The van der Waals surface area contributed by atoms with E-state index < -0.39 is 56.6 Å². The smallest absolute Gasteiger partial charge is 0.569 e. The van der Waals surface area contributed by atoms with Gasteiger partial charge in [-0.1, -0.05) is 0 Å². The number of aromatic nitrogens is 1. The Bertz CT molecular complexity index is 721. The summed E-state index contributed by atoms with van der Waals surface area (Å²) in [6.45, 7) is 0. The number of sulfonamides is 1. The Hall–Kier alpha value is -1.27. The van der Waals surface area contributed by atoms with Gasteiger partial charge in [0.15, 0.2) is 11.6 Å². The molecule has 0 bridgehead atoms. The van der Waals surface area contributed by atoms with E-state index in [1.54, 1.807) is 0 Å². The average molecular weight is 404 g/mol. The zero-order chi connectivity index (χ0) is 19.3. The van der Waals surface area contributed by atoms with Crippen LogP contribution < -0.4 is 18.9 Å². The second-order valence-corrected chi connectivity index (χ2v) is 5.52. The predicted molar refractivity (Wildman–Crippen MR) is 52.0 cm³/mol. The van der Waals surface area contributed by atoms with Crippen LogP contribution in [0.3, 0.4) is 0 Å². The molecule has 17 heteroatoms. The molecule has 0 fully saturated rings. The third-order valence-electron chi connectivity index (χ3n) is 2.27. The Morgan fingerprint density at radius 3 is 1.36 bits per heavy atom. The number of pyridine rings is 1. The van der Waals surface area contributed by atoms with Crippen LogP contribution in [0.1, 0.15) is 0 Å². The first-order chi connectivity index (χ1) is 10.5. The first kappa shape index (κ1) is 23.7. The Morgan fingerprint density at radius 1 is 0.760 bits per heavy atom. The van der Waals surface area contributed by atoms with Crippen LogP contribution in [0.4, 0.5) is 54.0 Å². The Labute approximate surface area is 142 Å². The molecule has 0 aliphatic rings. The summed E-state index contributed by atoms with van der Waals surface area (Å²) in [6, 6.07) is 0. The molecule has 25 heavy (non-hydrogen) atoms. The molecule has 0 spiro atoms. The number of hydrogen-bond donors (Lipinski definition) is 0. The van der Waals surface area contributed by atoms with Crippen molar-refractivity contribution in [3.05, 3.63) is 28.3 Å². The zero-order valence-electron chi connectivity index (χ0n) is 11.3. The van der Waals surface area contributed by atoms with Crippen molar-refractivity contribution in [1.82, 2.24) is 4.98 Å². The van der Waals surface area contributed by atoms with Crippen LogP contribution in [-0.2, 0) is 10.0 Å². The largest absolute Gasteiger partial charge is 1.00 e. The van der Waals surface area contributed by atoms with Gasteiger partial charge >= 0.3 is 36.2 Å². The fourth-order valence-electron chi connectivity index (χ4n) is 1.19. The molecule has 0 unspecified atom stereocenters.